The monoisotopic (exact) mass is 512 g/mol. The smallest absolute Gasteiger partial charge is 0.295 e. The van der Waals surface area contributed by atoms with Gasteiger partial charge in [0.15, 0.2) is 0 Å². The first-order valence-electron chi connectivity index (χ1n) is 12.9. The average molecular weight is 513 g/mol. The SMILES string of the molecule is CC1Cc2cc(C(O)=C3C(=O)C(=O)N(CCCN(C)C)C3c3cccc(Oc4ccccc4)c3)ccc2O1. The molecule has 1 amide bonds. The topological polar surface area (TPSA) is 79.3 Å². The van der Waals surface area contributed by atoms with E-state index >= 15 is 0 Å². The van der Waals surface area contributed by atoms with Crippen LogP contribution in [0.1, 0.15) is 36.1 Å². The molecule has 3 aromatic rings. The van der Waals surface area contributed by atoms with Crippen molar-refractivity contribution in [2.24, 2.45) is 0 Å². The number of likely N-dealkylation sites (tertiary alicyclic amines) is 1. The fourth-order valence-corrected chi connectivity index (χ4v) is 5.11. The minimum Gasteiger partial charge on any atom is -0.507 e. The van der Waals surface area contributed by atoms with E-state index in [1.165, 1.54) is 0 Å². The molecule has 0 spiro atoms. The molecule has 38 heavy (non-hydrogen) atoms. The zero-order chi connectivity index (χ0) is 26.8. The molecule has 5 rings (SSSR count). The van der Waals surface area contributed by atoms with Crippen LogP contribution in [0.25, 0.3) is 5.76 Å². The summed E-state index contributed by atoms with van der Waals surface area (Å²) in [7, 11) is 3.93. The molecule has 0 aliphatic carbocycles. The Labute approximate surface area is 222 Å². The van der Waals surface area contributed by atoms with Gasteiger partial charge in [-0.15, -0.1) is 0 Å². The maximum absolute atomic E-state index is 13.4. The van der Waals surface area contributed by atoms with Crippen molar-refractivity contribution in [2.75, 3.05) is 27.2 Å². The first-order chi connectivity index (χ1) is 18.3. The van der Waals surface area contributed by atoms with Crippen LogP contribution in [0.3, 0.4) is 0 Å². The van der Waals surface area contributed by atoms with Crippen LogP contribution < -0.4 is 9.47 Å². The van der Waals surface area contributed by atoms with Gasteiger partial charge in [0.2, 0.25) is 0 Å². The molecule has 2 atom stereocenters. The lowest BCUT2D eigenvalue weighted by atomic mass is 9.94. The molecule has 7 heteroatoms. The molecule has 2 heterocycles. The summed E-state index contributed by atoms with van der Waals surface area (Å²) in [5, 5.41) is 11.5. The Morgan fingerprint density at radius 2 is 1.79 bits per heavy atom. The number of fused-ring (bicyclic) bond motifs is 1. The van der Waals surface area contributed by atoms with Gasteiger partial charge in [-0.2, -0.15) is 0 Å². The fraction of sp³-hybridized carbons (Fsp3) is 0.290. The van der Waals surface area contributed by atoms with Gasteiger partial charge in [-0.05, 0) is 87.6 Å². The Morgan fingerprint density at radius 1 is 1.03 bits per heavy atom. The maximum Gasteiger partial charge on any atom is 0.295 e. The number of amides is 1. The molecule has 0 radical (unpaired) electrons. The Bertz CT molecular complexity index is 1380. The number of hydrogen-bond acceptors (Lipinski definition) is 6. The lowest BCUT2D eigenvalue weighted by Crippen LogP contribution is -2.32. The molecule has 1 fully saturated rings. The van der Waals surface area contributed by atoms with E-state index in [9.17, 15) is 14.7 Å². The number of aliphatic hydroxyl groups is 1. The van der Waals surface area contributed by atoms with Crippen molar-refractivity contribution >= 4 is 17.4 Å². The largest absolute Gasteiger partial charge is 0.507 e. The Hall–Kier alpha value is -4.10. The second-order valence-electron chi connectivity index (χ2n) is 10.1. The summed E-state index contributed by atoms with van der Waals surface area (Å²) in [6, 6.07) is 21.4. The van der Waals surface area contributed by atoms with Gasteiger partial charge in [0, 0.05) is 18.5 Å². The second kappa shape index (κ2) is 10.7. The highest BCUT2D eigenvalue weighted by Crippen LogP contribution is 2.41. The second-order valence-corrected chi connectivity index (χ2v) is 10.1. The van der Waals surface area contributed by atoms with E-state index in [1.54, 1.807) is 11.0 Å². The molecule has 0 bridgehead atoms. The van der Waals surface area contributed by atoms with Crippen LogP contribution in [0.5, 0.6) is 17.2 Å². The zero-order valence-corrected chi connectivity index (χ0v) is 21.9. The molecular weight excluding hydrogens is 480 g/mol. The lowest BCUT2D eigenvalue weighted by Gasteiger charge is -2.26. The van der Waals surface area contributed by atoms with Crippen molar-refractivity contribution in [3.05, 3.63) is 95.1 Å². The third-order valence-electron chi connectivity index (χ3n) is 6.87. The van der Waals surface area contributed by atoms with Gasteiger partial charge in [0.25, 0.3) is 11.7 Å². The summed E-state index contributed by atoms with van der Waals surface area (Å²) in [5.41, 5.74) is 2.25. The Balaban J connectivity index is 1.56. The number of aliphatic hydroxyl groups excluding tert-OH is 1. The van der Waals surface area contributed by atoms with Crippen molar-refractivity contribution in [2.45, 2.75) is 31.9 Å². The maximum atomic E-state index is 13.4. The van der Waals surface area contributed by atoms with Crippen molar-refractivity contribution in [1.82, 2.24) is 9.80 Å². The number of ether oxygens (including phenoxy) is 2. The standard InChI is InChI=1S/C31H32N2O5/c1-20-17-23-18-22(13-14-26(23)37-20)29(34)27-28(33(31(36)30(27)35)16-8-15-32(2)3)21-9-7-12-25(19-21)38-24-10-5-4-6-11-24/h4-7,9-14,18-20,28,34H,8,15-17H2,1-3H3. The molecule has 196 valence electrons. The zero-order valence-electron chi connectivity index (χ0n) is 21.9. The van der Waals surface area contributed by atoms with E-state index in [0.717, 1.165) is 24.3 Å². The third-order valence-corrected chi connectivity index (χ3v) is 6.87. The van der Waals surface area contributed by atoms with Crippen LogP contribution in [-0.4, -0.2) is 59.9 Å². The van der Waals surface area contributed by atoms with Crippen LogP contribution in [0, 0.1) is 0 Å². The van der Waals surface area contributed by atoms with E-state index in [1.807, 2.05) is 92.6 Å². The van der Waals surface area contributed by atoms with E-state index in [4.69, 9.17) is 9.47 Å². The summed E-state index contributed by atoms with van der Waals surface area (Å²) in [4.78, 5) is 30.3. The molecule has 2 aliphatic heterocycles. The number of benzene rings is 3. The van der Waals surface area contributed by atoms with Crippen molar-refractivity contribution in [3.8, 4) is 17.2 Å². The van der Waals surface area contributed by atoms with Crippen molar-refractivity contribution in [3.63, 3.8) is 0 Å². The van der Waals surface area contributed by atoms with Crippen LogP contribution in [0.2, 0.25) is 0 Å². The van der Waals surface area contributed by atoms with Crippen LogP contribution in [0.15, 0.2) is 78.4 Å². The van der Waals surface area contributed by atoms with E-state index < -0.39 is 17.7 Å². The quantitative estimate of drug-likeness (QED) is 0.255. The fourth-order valence-electron chi connectivity index (χ4n) is 5.11. The summed E-state index contributed by atoms with van der Waals surface area (Å²) in [6.45, 7) is 3.13. The van der Waals surface area contributed by atoms with Crippen LogP contribution in [0.4, 0.5) is 0 Å². The molecule has 1 saturated heterocycles. The molecule has 1 N–H and O–H groups in total. The molecule has 2 aliphatic rings. The normalized spacial score (nSPS) is 20.1. The highest BCUT2D eigenvalue weighted by atomic mass is 16.5. The Kier molecular flexibility index (Phi) is 7.20. The Morgan fingerprint density at radius 3 is 2.55 bits per heavy atom. The van der Waals surface area contributed by atoms with E-state index in [-0.39, 0.29) is 17.4 Å². The minimum absolute atomic E-state index is 0.0528. The first kappa shape index (κ1) is 25.5. The number of ketones is 1. The summed E-state index contributed by atoms with van der Waals surface area (Å²) in [5.74, 6) is 0.566. The molecule has 2 unspecified atom stereocenters. The van der Waals surface area contributed by atoms with Gasteiger partial charge in [0.1, 0.15) is 29.1 Å². The summed E-state index contributed by atoms with van der Waals surface area (Å²) < 4.78 is 11.8. The molecular formula is C31H32N2O5. The van der Waals surface area contributed by atoms with E-state index in [2.05, 4.69) is 0 Å². The van der Waals surface area contributed by atoms with Crippen LogP contribution >= 0.6 is 0 Å². The predicted octanol–water partition coefficient (Wildman–Crippen LogP) is 5.18. The van der Waals surface area contributed by atoms with Gasteiger partial charge in [-0.25, -0.2) is 0 Å². The number of carbonyl (C=O) groups excluding carboxylic acids is 2. The number of hydrogen-bond donors (Lipinski definition) is 1. The van der Waals surface area contributed by atoms with Gasteiger partial charge in [-0.1, -0.05) is 30.3 Å². The molecule has 3 aromatic carbocycles. The van der Waals surface area contributed by atoms with Gasteiger partial charge in [0.05, 0.1) is 11.6 Å². The first-order valence-corrected chi connectivity index (χ1v) is 12.9. The predicted molar refractivity (Wildman–Crippen MR) is 145 cm³/mol. The summed E-state index contributed by atoms with van der Waals surface area (Å²) >= 11 is 0. The van der Waals surface area contributed by atoms with Gasteiger partial charge in [-0.3, -0.25) is 9.59 Å². The van der Waals surface area contributed by atoms with Crippen molar-refractivity contribution < 1.29 is 24.2 Å². The number of Topliss-reactive ketones (excluding diaryl/α,β-unsaturated/α-hetero) is 1. The highest BCUT2D eigenvalue weighted by molar-refractivity contribution is 6.46. The number of para-hydroxylation sites is 1. The van der Waals surface area contributed by atoms with Gasteiger partial charge >= 0.3 is 0 Å². The number of rotatable bonds is 8. The number of carbonyl (C=O) groups is 2. The van der Waals surface area contributed by atoms with E-state index in [0.29, 0.717) is 35.6 Å². The van der Waals surface area contributed by atoms with Crippen molar-refractivity contribution in [1.29, 1.82) is 0 Å². The lowest BCUT2D eigenvalue weighted by molar-refractivity contribution is -0.139. The average Bonchev–Trinajstić information content (AvgIpc) is 3.40. The molecule has 0 saturated carbocycles. The minimum atomic E-state index is -0.736. The van der Waals surface area contributed by atoms with Crippen LogP contribution in [-0.2, 0) is 16.0 Å². The number of nitrogens with zero attached hydrogens (tertiary/aromatic N) is 2. The molecule has 7 nitrogen and oxygen atoms in total. The highest BCUT2D eigenvalue weighted by Gasteiger charge is 2.46. The third kappa shape index (κ3) is 5.15. The van der Waals surface area contributed by atoms with Gasteiger partial charge < -0.3 is 24.4 Å². The molecule has 0 aromatic heterocycles. The summed E-state index contributed by atoms with van der Waals surface area (Å²) in [6.07, 6.45) is 1.46.